The molecular formula is C28H32O3Si. The van der Waals surface area contributed by atoms with Crippen LogP contribution >= 0.6 is 0 Å². The summed E-state index contributed by atoms with van der Waals surface area (Å²) in [4.78, 5) is 12.8. The van der Waals surface area contributed by atoms with E-state index in [0.717, 1.165) is 15.9 Å². The summed E-state index contributed by atoms with van der Waals surface area (Å²) >= 11 is 0. The van der Waals surface area contributed by atoms with Gasteiger partial charge in [0.25, 0.3) is 8.32 Å². The number of hydrogen-bond donors (Lipinski definition) is 0. The zero-order valence-electron chi connectivity index (χ0n) is 19.4. The van der Waals surface area contributed by atoms with Crippen molar-refractivity contribution in [2.24, 2.45) is 0 Å². The number of hydrogen-bond acceptors (Lipinski definition) is 3. The van der Waals surface area contributed by atoms with Crippen LogP contribution in [0.5, 0.6) is 0 Å². The first-order chi connectivity index (χ1) is 15.3. The van der Waals surface area contributed by atoms with Crippen molar-refractivity contribution in [3.63, 3.8) is 0 Å². The predicted molar refractivity (Wildman–Crippen MR) is 134 cm³/mol. The largest absolute Gasteiger partial charge is 0.463 e. The van der Waals surface area contributed by atoms with Crippen molar-refractivity contribution < 1.29 is 14.0 Å². The molecule has 0 N–H and O–H groups in total. The molecule has 166 valence electrons. The van der Waals surface area contributed by atoms with Gasteiger partial charge in [0.05, 0.1) is 12.2 Å². The summed E-state index contributed by atoms with van der Waals surface area (Å²) in [6.45, 7) is 12.9. The van der Waals surface area contributed by atoms with E-state index in [-0.39, 0.29) is 5.04 Å². The van der Waals surface area contributed by atoms with Gasteiger partial charge in [-0.25, -0.2) is 4.79 Å². The number of carbonyl (C=O) groups is 1. The fourth-order valence-corrected chi connectivity index (χ4v) is 8.81. The standard InChI is InChI=1S/C28H32O3Si/c1-6-30-27(29)22(2)26(23-16-10-7-11-17-23)31-32(28(3,4)5,24-18-12-8-13-19-24)25-20-14-9-15-21-25/h7-21,26H,2,6H2,1,3-5H3. The molecule has 0 aromatic heterocycles. The molecule has 0 saturated carbocycles. The molecule has 3 nitrogen and oxygen atoms in total. The summed E-state index contributed by atoms with van der Waals surface area (Å²) in [6, 6.07) is 30.6. The van der Waals surface area contributed by atoms with Crippen LogP contribution in [-0.2, 0) is 14.0 Å². The molecule has 32 heavy (non-hydrogen) atoms. The van der Waals surface area contributed by atoms with Crippen molar-refractivity contribution in [1.29, 1.82) is 0 Å². The minimum Gasteiger partial charge on any atom is -0.463 e. The molecule has 0 aliphatic heterocycles. The first kappa shape index (κ1) is 23.7. The Morgan fingerprint density at radius 3 is 1.69 bits per heavy atom. The Labute approximate surface area is 192 Å². The van der Waals surface area contributed by atoms with Crippen LogP contribution in [0.25, 0.3) is 0 Å². The van der Waals surface area contributed by atoms with Crippen LogP contribution in [0.3, 0.4) is 0 Å². The third-order valence-electron chi connectivity index (χ3n) is 5.67. The summed E-state index contributed by atoms with van der Waals surface area (Å²) in [5, 5.41) is 2.07. The summed E-state index contributed by atoms with van der Waals surface area (Å²) in [7, 11) is -2.90. The van der Waals surface area contributed by atoms with E-state index in [4.69, 9.17) is 9.16 Å². The van der Waals surface area contributed by atoms with E-state index in [9.17, 15) is 4.79 Å². The van der Waals surface area contributed by atoms with E-state index in [0.29, 0.717) is 12.2 Å². The second-order valence-corrected chi connectivity index (χ2v) is 13.1. The summed E-state index contributed by atoms with van der Waals surface area (Å²) < 4.78 is 12.5. The third-order valence-corrected chi connectivity index (χ3v) is 10.7. The van der Waals surface area contributed by atoms with E-state index in [1.54, 1.807) is 6.92 Å². The molecule has 0 bridgehead atoms. The Bertz CT molecular complexity index is 985. The zero-order chi connectivity index (χ0) is 23.2. The van der Waals surface area contributed by atoms with Crippen LogP contribution in [-0.4, -0.2) is 20.9 Å². The van der Waals surface area contributed by atoms with E-state index >= 15 is 0 Å². The normalized spacial score (nSPS) is 12.8. The molecular weight excluding hydrogens is 412 g/mol. The van der Waals surface area contributed by atoms with Crippen LogP contribution in [0.2, 0.25) is 5.04 Å². The Hall–Kier alpha value is -2.95. The summed E-state index contributed by atoms with van der Waals surface area (Å²) in [5.41, 5.74) is 1.20. The van der Waals surface area contributed by atoms with Crippen LogP contribution < -0.4 is 10.4 Å². The van der Waals surface area contributed by atoms with Gasteiger partial charge in [0, 0.05) is 0 Å². The van der Waals surface area contributed by atoms with Gasteiger partial charge in [-0.15, -0.1) is 0 Å². The smallest absolute Gasteiger partial charge is 0.336 e. The molecule has 3 rings (SSSR count). The molecule has 4 heteroatoms. The molecule has 3 aromatic rings. The molecule has 0 radical (unpaired) electrons. The van der Waals surface area contributed by atoms with Crippen molar-refractivity contribution in [1.82, 2.24) is 0 Å². The maximum atomic E-state index is 12.8. The highest BCUT2D eigenvalue weighted by Crippen LogP contribution is 2.41. The number of rotatable bonds is 8. The number of esters is 1. The first-order valence-corrected chi connectivity index (χ1v) is 12.9. The highest BCUT2D eigenvalue weighted by Gasteiger charge is 2.52. The first-order valence-electron chi connectivity index (χ1n) is 11.0. The average Bonchev–Trinajstić information content (AvgIpc) is 2.80. The van der Waals surface area contributed by atoms with E-state index in [2.05, 4.69) is 51.6 Å². The maximum absolute atomic E-state index is 12.8. The molecule has 0 aliphatic carbocycles. The fourth-order valence-electron chi connectivity index (χ4n) is 4.17. The predicted octanol–water partition coefficient (Wildman–Crippen LogP) is 5.42. The number of carbonyl (C=O) groups excluding carboxylic acids is 1. The van der Waals surface area contributed by atoms with Gasteiger partial charge >= 0.3 is 5.97 Å². The quantitative estimate of drug-likeness (QED) is 0.264. The molecule has 1 unspecified atom stereocenters. The molecule has 3 aromatic carbocycles. The molecule has 0 amide bonds. The van der Waals surface area contributed by atoms with Crippen LogP contribution in [0.4, 0.5) is 0 Å². The lowest BCUT2D eigenvalue weighted by Gasteiger charge is -2.45. The van der Waals surface area contributed by atoms with Crippen molar-refractivity contribution in [3.8, 4) is 0 Å². The minimum atomic E-state index is -2.90. The Morgan fingerprint density at radius 2 is 1.28 bits per heavy atom. The Balaban J connectivity index is 2.25. The second kappa shape index (κ2) is 10.1. The molecule has 0 saturated heterocycles. The van der Waals surface area contributed by atoms with Crippen LogP contribution in [0.1, 0.15) is 39.4 Å². The van der Waals surface area contributed by atoms with Gasteiger partial charge in [0.1, 0.15) is 6.10 Å². The average molecular weight is 445 g/mol. The van der Waals surface area contributed by atoms with Gasteiger partial charge in [-0.2, -0.15) is 0 Å². The molecule has 1 atom stereocenters. The minimum absolute atomic E-state index is 0.225. The number of ether oxygens (including phenoxy) is 1. The van der Waals surface area contributed by atoms with Crippen molar-refractivity contribution in [3.05, 3.63) is 109 Å². The Kier molecular flexibility index (Phi) is 7.49. The highest BCUT2D eigenvalue weighted by atomic mass is 28.4. The van der Waals surface area contributed by atoms with Crippen molar-refractivity contribution in [2.45, 2.75) is 38.8 Å². The van der Waals surface area contributed by atoms with Crippen LogP contribution in [0, 0.1) is 0 Å². The van der Waals surface area contributed by atoms with E-state index < -0.39 is 20.4 Å². The van der Waals surface area contributed by atoms with Gasteiger partial charge in [0.15, 0.2) is 0 Å². The van der Waals surface area contributed by atoms with Gasteiger partial charge in [-0.05, 0) is 27.9 Å². The molecule has 0 heterocycles. The maximum Gasteiger partial charge on any atom is 0.336 e. The monoisotopic (exact) mass is 444 g/mol. The second-order valence-electron chi connectivity index (χ2n) is 8.82. The topological polar surface area (TPSA) is 35.5 Å². The molecule has 0 spiro atoms. The number of benzene rings is 3. The lowest BCUT2D eigenvalue weighted by Crippen LogP contribution is -2.67. The third kappa shape index (κ3) is 4.77. The van der Waals surface area contributed by atoms with Gasteiger partial charge in [-0.3, -0.25) is 0 Å². The summed E-state index contributed by atoms with van der Waals surface area (Å²) in [5.74, 6) is -0.431. The van der Waals surface area contributed by atoms with Crippen LogP contribution in [0.15, 0.2) is 103 Å². The van der Waals surface area contributed by atoms with Gasteiger partial charge in [-0.1, -0.05) is 118 Å². The lowest BCUT2D eigenvalue weighted by atomic mass is 10.0. The van der Waals surface area contributed by atoms with Crippen molar-refractivity contribution >= 4 is 24.7 Å². The Morgan fingerprint density at radius 1 is 0.844 bits per heavy atom. The molecule has 0 fully saturated rings. The van der Waals surface area contributed by atoms with E-state index in [1.807, 2.05) is 66.7 Å². The van der Waals surface area contributed by atoms with Gasteiger partial charge < -0.3 is 9.16 Å². The SMILES string of the molecule is C=C(C(=O)OCC)C(O[Si](c1ccccc1)(c1ccccc1)C(C)(C)C)c1ccccc1. The van der Waals surface area contributed by atoms with E-state index in [1.165, 1.54) is 0 Å². The van der Waals surface area contributed by atoms with Gasteiger partial charge in [0.2, 0.25) is 0 Å². The highest BCUT2D eigenvalue weighted by molar-refractivity contribution is 6.99. The molecule has 0 aliphatic rings. The lowest BCUT2D eigenvalue weighted by molar-refractivity contribution is -0.139. The summed E-state index contributed by atoms with van der Waals surface area (Å²) in [6.07, 6.45) is -0.624. The fraction of sp³-hybridized carbons (Fsp3) is 0.250. The van der Waals surface area contributed by atoms with Crippen molar-refractivity contribution in [2.75, 3.05) is 6.61 Å². The zero-order valence-corrected chi connectivity index (χ0v) is 20.4.